The van der Waals surface area contributed by atoms with Crippen LogP contribution >= 0.6 is 0 Å². The van der Waals surface area contributed by atoms with Crippen LogP contribution < -0.4 is 0 Å². The number of carbonyl (C=O) groups excluding carboxylic acids is 3. The molecule has 0 spiro atoms. The van der Waals surface area contributed by atoms with E-state index < -0.39 is 47.6 Å². The van der Waals surface area contributed by atoms with Crippen LogP contribution in [0.4, 0.5) is 0 Å². The second kappa shape index (κ2) is 7.78. The Kier molecular flexibility index (Phi) is 6.07. The first kappa shape index (κ1) is 21.1. The van der Waals surface area contributed by atoms with Crippen LogP contribution in [0, 0.1) is 5.92 Å². The van der Waals surface area contributed by atoms with Gasteiger partial charge in [0.05, 0.1) is 5.92 Å². The summed E-state index contributed by atoms with van der Waals surface area (Å²) in [5, 5.41) is 21.5. The van der Waals surface area contributed by atoms with E-state index in [0.29, 0.717) is 6.42 Å². The maximum absolute atomic E-state index is 12.5. The van der Waals surface area contributed by atoms with Gasteiger partial charge in [0.25, 0.3) is 0 Å². The van der Waals surface area contributed by atoms with Crippen LogP contribution in [0.3, 0.4) is 0 Å². The molecule has 0 amide bonds. The number of hydrogen-bond donors (Lipinski definition) is 2. The number of ether oxygens (including phenoxy) is 2. The van der Waals surface area contributed by atoms with Crippen molar-refractivity contribution in [2.24, 2.45) is 5.92 Å². The third kappa shape index (κ3) is 4.04. The second-order valence-electron chi connectivity index (χ2n) is 7.29. The molecule has 0 unspecified atom stereocenters. The number of aliphatic hydroxyl groups is 2. The number of Topliss-reactive ketones (excluding diaryl/α,β-unsaturated/α-hetero) is 1. The Morgan fingerprint density at radius 3 is 2.63 bits per heavy atom. The second-order valence-corrected chi connectivity index (χ2v) is 7.29. The highest BCUT2D eigenvalue weighted by molar-refractivity contribution is 5.92. The first-order chi connectivity index (χ1) is 12.5. The molecule has 1 aliphatic heterocycles. The van der Waals surface area contributed by atoms with Crippen LogP contribution in [-0.4, -0.2) is 51.8 Å². The van der Waals surface area contributed by atoms with Gasteiger partial charge in [0.1, 0.15) is 23.9 Å². The van der Waals surface area contributed by atoms with Crippen LogP contribution in [0.25, 0.3) is 0 Å². The molecule has 5 atom stereocenters. The highest BCUT2D eigenvalue weighted by atomic mass is 16.6. The maximum atomic E-state index is 12.5. The lowest BCUT2D eigenvalue weighted by Gasteiger charge is -2.37. The van der Waals surface area contributed by atoms with E-state index >= 15 is 0 Å². The molecule has 1 aliphatic carbocycles. The first-order valence-electron chi connectivity index (χ1n) is 8.85. The van der Waals surface area contributed by atoms with Gasteiger partial charge in [-0.3, -0.25) is 4.79 Å². The molecule has 148 valence electrons. The summed E-state index contributed by atoms with van der Waals surface area (Å²) in [6.07, 6.45) is -0.423. The van der Waals surface area contributed by atoms with E-state index in [1.165, 1.54) is 19.9 Å². The van der Waals surface area contributed by atoms with Gasteiger partial charge in [-0.15, -0.1) is 0 Å². The van der Waals surface area contributed by atoms with Crippen LogP contribution in [0.2, 0.25) is 0 Å². The van der Waals surface area contributed by atoms with Crippen molar-refractivity contribution in [2.75, 3.05) is 0 Å². The average Bonchev–Trinajstić information content (AvgIpc) is 2.88. The molecule has 2 aliphatic rings. The summed E-state index contributed by atoms with van der Waals surface area (Å²) in [5.74, 6) is -2.90. The van der Waals surface area contributed by atoms with Crippen molar-refractivity contribution in [1.29, 1.82) is 0 Å². The van der Waals surface area contributed by atoms with Crippen molar-refractivity contribution >= 4 is 17.7 Å². The molecule has 27 heavy (non-hydrogen) atoms. The highest BCUT2D eigenvalue weighted by Crippen LogP contribution is 2.38. The van der Waals surface area contributed by atoms with Gasteiger partial charge in [0.15, 0.2) is 5.78 Å². The van der Waals surface area contributed by atoms with Crippen molar-refractivity contribution in [2.45, 2.75) is 64.4 Å². The van der Waals surface area contributed by atoms with E-state index in [-0.39, 0.29) is 17.6 Å². The molecule has 2 rings (SSSR count). The van der Waals surface area contributed by atoms with Gasteiger partial charge < -0.3 is 19.7 Å². The lowest BCUT2D eigenvalue weighted by atomic mass is 9.78. The Labute approximate surface area is 158 Å². The van der Waals surface area contributed by atoms with Crippen molar-refractivity contribution < 1.29 is 34.1 Å². The van der Waals surface area contributed by atoms with Gasteiger partial charge in [0.2, 0.25) is 0 Å². The molecule has 0 bridgehead atoms. The minimum atomic E-state index is -2.16. The van der Waals surface area contributed by atoms with Crippen LogP contribution in [0.15, 0.2) is 35.5 Å². The Morgan fingerprint density at radius 2 is 2.04 bits per heavy atom. The van der Waals surface area contributed by atoms with E-state index in [9.17, 15) is 24.6 Å². The molecule has 0 aromatic rings. The molecule has 1 saturated heterocycles. The van der Waals surface area contributed by atoms with Gasteiger partial charge in [-0.25, -0.2) is 9.59 Å². The normalized spacial score (nSPS) is 37.2. The SMILES string of the molecule is C=C1C(=O)O[C@@H]2/C=C(\C)CCC(=O)[C@@](C)(O)[C@@H](O)[C@@H](OC(=O)/C(C)=C/C)[C@@H]12. The molecule has 1 heterocycles. The monoisotopic (exact) mass is 378 g/mol. The number of allylic oxidation sites excluding steroid dienone is 2. The van der Waals surface area contributed by atoms with Crippen LogP contribution in [0.1, 0.15) is 40.5 Å². The number of fused-ring (bicyclic) bond motifs is 1. The van der Waals surface area contributed by atoms with E-state index in [0.717, 1.165) is 5.57 Å². The van der Waals surface area contributed by atoms with Crippen molar-refractivity contribution in [3.8, 4) is 0 Å². The topological polar surface area (TPSA) is 110 Å². The van der Waals surface area contributed by atoms with Crippen LogP contribution in [-0.2, 0) is 23.9 Å². The van der Waals surface area contributed by atoms with Gasteiger partial charge in [-0.2, -0.15) is 0 Å². The molecule has 0 aromatic carbocycles. The third-order valence-corrected chi connectivity index (χ3v) is 5.26. The largest absolute Gasteiger partial charge is 0.455 e. The summed E-state index contributed by atoms with van der Waals surface area (Å²) in [4.78, 5) is 36.9. The summed E-state index contributed by atoms with van der Waals surface area (Å²) in [5.41, 5.74) is -1.09. The zero-order chi connectivity index (χ0) is 20.5. The predicted molar refractivity (Wildman–Crippen MR) is 96.4 cm³/mol. The fraction of sp³-hybridized carbons (Fsp3) is 0.550. The number of hydrogen-bond acceptors (Lipinski definition) is 7. The number of aliphatic hydroxyl groups excluding tert-OH is 1. The Bertz CT molecular complexity index is 729. The molecule has 0 aromatic heterocycles. The van der Waals surface area contributed by atoms with Gasteiger partial charge in [0, 0.05) is 17.6 Å². The fourth-order valence-electron chi connectivity index (χ4n) is 3.21. The smallest absolute Gasteiger partial charge is 0.334 e. The number of esters is 2. The molecule has 1 fully saturated rings. The van der Waals surface area contributed by atoms with Gasteiger partial charge in [-0.05, 0) is 40.2 Å². The number of rotatable bonds is 2. The summed E-state index contributed by atoms with van der Waals surface area (Å²) in [6.45, 7) is 9.84. The predicted octanol–water partition coefficient (Wildman–Crippen LogP) is 1.38. The molecule has 7 heteroatoms. The van der Waals surface area contributed by atoms with Crippen LogP contribution in [0.5, 0.6) is 0 Å². The van der Waals surface area contributed by atoms with E-state index in [1.54, 1.807) is 19.9 Å². The summed E-state index contributed by atoms with van der Waals surface area (Å²) in [6, 6.07) is 0. The molecule has 0 saturated carbocycles. The minimum Gasteiger partial charge on any atom is -0.455 e. The average molecular weight is 378 g/mol. The zero-order valence-electron chi connectivity index (χ0n) is 16.0. The molecular formula is C20H26O7. The van der Waals surface area contributed by atoms with Gasteiger partial charge in [-0.1, -0.05) is 18.2 Å². The van der Waals surface area contributed by atoms with Gasteiger partial charge >= 0.3 is 11.9 Å². The van der Waals surface area contributed by atoms with E-state index in [1.807, 2.05) is 0 Å². The third-order valence-electron chi connectivity index (χ3n) is 5.26. The quantitative estimate of drug-likeness (QED) is 0.424. The summed E-state index contributed by atoms with van der Waals surface area (Å²) < 4.78 is 10.8. The summed E-state index contributed by atoms with van der Waals surface area (Å²) in [7, 11) is 0. The minimum absolute atomic E-state index is 0.00672. The standard InChI is InChI=1S/C20H26O7/c1-6-11(3)18(23)27-16-15-12(4)19(24)26-13(15)9-10(2)7-8-14(21)20(5,25)17(16)22/h6,9,13,15-17,22,25H,4,7-8H2,1-3,5H3/b10-9+,11-6+/t13-,15+,16+,17+,20-/m1/s1. The molecule has 7 nitrogen and oxygen atoms in total. The van der Waals surface area contributed by atoms with E-state index in [2.05, 4.69) is 6.58 Å². The number of ketones is 1. The maximum Gasteiger partial charge on any atom is 0.334 e. The van der Waals surface area contributed by atoms with Crippen molar-refractivity contribution in [3.05, 3.63) is 35.5 Å². The van der Waals surface area contributed by atoms with Crippen molar-refractivity contribution in [1.82, 2.24) is 0 Å². The summed E-state index contributed by atoms with van der Waals surface area (Å²) >= 11 is 0. The molecule has 0 radical (unpaired) electrons. The Hall–Kier alpha value is -2.25. The Balaban J connectivity index is 2.57. The lowest BCUT2D eigenvalue weighted by molar-refractivity contribution is -0.179. The molecular weight excluding hydrogens is 352 g/mol. The van der Waals surface area contributed by atoms with Crippen molar-refractivity contribution in [3.63, 3.8) is 0 Å². The first-order valence-corrected chi connectivity index (χ1v) is 8.85. The Morgan fingerprint density at radius 1 is 1.41 bits per heavy atom. The van der Waals surface area contributed by atoms with E-state index in [4.69, 9.17) is 9.47 Å². The zero-order valence-corrected chi connectivity index (χ0v) is 16.0. The fourth-order valence-corrected chi connectivity index (χ4v) is 3.21. The lowest BCUT2D eigenvalue weighted by Crippen LogP contribution is -2.57. The highest BCUT2D eigenvalue weighted by Gasteiger charge is 2.53. The number of carbonyl (C=O) groups is 3. The molecule has 2 N–H and O–H groups in total.